The van der Waals surface area contributed by atoms with E-state index in [2.05, 4.69) is 11.9 Å². The van der Waals surface area contributed by atoms with Crippen molar-refractivity contribution in [1.29, 1.82) is 0 Å². The molecule has 2 aromatic carbocycles. The molecule has 31 heavy (non-hydrogen) atoms. The van der Waals surface area contributed by atoms with Crippen molar-refractivity contribution in [1.82, 2.24) is 9.47 Å². The minimum atomic E-state index is -0.501. The van der Waals surface area contributed by atoms with E-state index in [1.54, 1.807) is 36.4 Å². The number of carbonyl (C=O) groups excluding carboxylic acids is 3. The third-order valence-corrected chi connectivity index (χ3v) is 5.99. The lowest BCUT2D eigenvalue weighted by Gasteiger charge is -2.13. The van der Waals surface area contributed by atoms with Crippen LogP contribution in [0.15, 0.2) is 72.3 Å². The largest absolute Gasteiger partial charge is 0.343 e. The predicted octanol–water partition coefficient (Wildman–Crippen LogP) is 5.16. The number of nitrogens with one attached hydrogen (secondary N) is 1. The number of para-hydroxylation sites is 2. The molecule has 0 spiro atoms. The van der Waals surface area contributed by atoms with Crippen LogP contribution in [0.4, 0.5) is 10.5 Å². The molecule has 0 radical (unpaired) electrons. The van der Waals surface area contributed by atoms with Crippen molar-refractivity contribution in [2.45, 2.75) is 6.54 Å². The number of imide groups is 1. The predicted molar refractivity (Wildman–Crippen MR) is 125 cm³/mol. The van der Waals surface area contributed by atoms with Crippen molar-refractivity contribution < 1.29 is 14.4 Å². The van der Waals surface area contributed by atoms with Crippen LogP contribution >= 0.6 is 23.4 Å². The molecule has 2 heterocycles. The summed E-state index contributed by atoms with van der Waals surface area (Å²) in [4.78, 5) is 38.8. The van der Waals surface area contributed by atoms with Gasteiger partial charge >= 0.3 is 0 Å². The quantitative estimate of drug-likeness (QED) is 0.415. The number of anilines is 1. The van der Waals surface area contributed by atoms with Crippen molar-refractivity contribution in [3.05, 3.63) is 82.9 Å². The highest BCUT2D eigenvalue weighted by Gasteiger charge is 2.36. The molecule has 1 fully saturated rings. The number of amides is 3. The van der Waals surface area contributed by atoms with Gasteiger partial charge in [-0.05, 0) is 36.0 Å². The van der Waals surface area contributed by atoms with Crippen molar-refractivity contribution >= 4 is 63.1 Å². The number of nitrogens with zero attached hydrogens (tertiary/aromatic N) is 2. The number of benzene rings is 2. The fraction of sp³-hybridized carbons (Fsp3) is 0.0870. The molecule has 1 aliphatic rings. The average Bonchev–Trinajstić information content (AvgIpc) is 3.22. The summed E-state index contributed by atoms with van der Waals surface area (Å²) in [5, 5.41) is 3.48. The van der Waals surface area contributed by atoms with E-state index in [4.69, 9.17) is 11.6 Å². The van der Waals surface area contributed by atoms with Gasteiger partial charge in [-0.25, -0.2) is 0 Å². The van der Waals surface area contributed by atoms with Gasteiger partial charge in [0, 0.05) is 29.2 Å². The van der Waals surface area contributed by atoms with Gasteiger partial charge in [0.05, 0.1) is 15.6 Å². The average molecular weight is 452 g/mol. The molecule has 0 unspecified atom stereocenters. The van der Waals surface area contributed by atoms with Crippen LogP contribution in [0.2, 0.25) is 5.02 Å². The molecule has 6 nitrogen and oxygen atoms in total. The van der Waals surface area contributed by atoms with Gasteiger partial charge in [-0.1, -0.05) is 48.0 Å². The van der Waals surface area contributed by atoms with E-state index in [1.165, 1.54) is 0 Å². The van der Waals surface area contributed by atoms with Crippen molar-refractivity contribution in [2.75, 3.05) is 11.9 Å². The number of thioether (sulfide) groups is 1. The fourth-order valence-electron chi connectivity index (χ4n) is 3.35. The second kappa shape index (κ2) is 8.83. The molecule has 0 saturated carbocycles. The first-order valence-electron chi connectivity index (χ1n) is 9.46. The van der Waals surface area contributed by atoms with Crippen LogP contribution in [-0.2, 0) is 16.1 Å². The minimum Gasteiger partial charge on any atom is -0.343 e. The highest BCUT2D eigenvalue weighted by Crippen LogP contribution is 2.34. The summed E-state index contributed by atoms with van der Waals surface area (Å²) in [5.74, 6) is -0.996. The molecule has 8 heteroatoms. The zero-order valence-corrected chi connectivity index (χ0v) is 17.9. The molecule has 0 atom stereocenters. The number of hydrogen-bond acceptors (Lipinski definition) is 4. The molecule has 4 rings (SSSR count). The molecular weight excluding hydrogens is 434 g/mol. The molecule has 1 N–H and O–H groups in total. The van der Waals surface area contributed by atoms with Crippen LogP contribution in [0.1, 0.15) is 5.56 Å². The molecule has 1 aliphatic heterocycles. The second-order valence-electron chi connectivity index (χ2n) is 6.84. The first-order valence-corrected chi connectivity index (χ1v) is 10.7. The Morgan fingerprint density at radius 1 is 1.13 bits per heavy atom. The highest BCUT2D eigenvalue weighted by atomic mass is 35.5. The number of fused-ring (bicyclic) bond motifs is 1. The van der Waals surface area contributed by atoms with Crippen LogP contribution in [-0.4, -0.2) is 33.1 Å². The van der Waals surface area contributed by atoms with Crippen molar-refractivity contribution in [3.8, 4) is 0 Å². The maximum absolute atomic E-state index is 12.8. The first-order chi connectivity index (χ1) is 15.0. The molecule has 156 valence electrons. The van der Waals surface area contributed by atoms with E-state index in [0.29, 0.717) is 17.3 Å². The van der Waals surface area contributed by atoms with Crippen LogP contribution in [0, 0.1) is 0 Å². The Morgan fingerprint density at radius 2 is 1.87 bits per heavy atom. The number of allylic oxidation sites excluding steroid dienone is 1. The van der Waals surface area contributed by atoms with E-state index >= 15 is 0 Å². The third-order valence-electron chi connectivity index (χ3n) is 4.76. The van der Waals surface area contributed by atoms with E-state index in [-0.39, 0.29) is 11.4 Å². The summed E-state index contributed by atoms with van der Waals surface area (Å²) in [6.07, 6.45) is 5.41. The minimum absolute atomic E-state index is 0.275. The number of rotatable bonds is 6. The van der Waals surface area contributed by atoms with Gasteiger partial charge in [0.25, 0.3) is 11.1 Å². The highest BCUT2D eigenvalue weighted by molar-refractivity contribution is 8.18. The van der Waals surface area contributed by atoms with Gasteiger partial charge < -0.3 is 9.88 Å². The summed E-state index contributed by atoms with van der Waals surface area (Å²) < 4.78 is 2.02. The molecule has 0 bridgehead atoms. The summed E-state index contributed by atoms with van der Waals surface area (Å²) in [7, 11) is 0. The van der Waals surface area contributed by atoms with Crippen LogP contribution < -0.4 is 5.32 Å². The van der Waals surface area contributed by atoms with Gasteiger partial charge in [-0.15, -0.1) is 6.58 Å². The Hall–Kier alpha value is -3.29. The van der Waals surface area contributed by atoms with Gasteiger partial charge in [-0.3, -0.25) is 19.3 Å². The topological polar surface area (TPSA) is 71.4 Å². The van der Waals surface area contributed by atoms with E-state index < -0.39 is 17.1 Å². The fourth-order valence-corrected chi connectivity index (χ4v) is 4.37. The van der Waals surface area contributed by atoms with E-state index in [0.717, 1.165) is 33.1 Å². The standard InChI is InChI=1S/C23H18ClN3O3S/c1-2-11-26-13-15(16-7-3-6-10-19(16)26)12-20-22(29)27(23(30)31-20)14-21(28)25-18-9-5-4-8-17(18)24/h2-10,12-13H,1,11,14H2,(H,25,28)/b20-12+. The summed E-state index contributed by atoms with van der Waals surface area (Å²) in [6, 6.07) is 14.6. The monoisotopic (exact) mass is 451 g/mol. The van der Waals surface area contributed by atoms with Gasteiger partial charge in [0.15, 0.2) is 0 Å². The lowest BCUT2D eigenvalue weighted by atomic mass is 10.1. The zero-order chi connectivity index (χ0) is 22.0. The van der Waals surface area contributed by atoms with Crippen LogP contribution in [0.25, 0.3) is 17.0 Å². The van der Waals surface area contributed by atoms with Crippen molar-refractivity contribution in [2.24, 2.45) is 0 Å². The van der Waals surface area contributed by atoms with Gasteiger partial charge in [-0.2, -0.15) is 0 Å². The second-order valence-corrected chi connectivity index (χ2v) is 8.24. The molecule has 1 aromatic heterocycles. The molecule has 3 amide bonds. The Kier molecular flexibility index (Phi) is 5.97. The molecule has 3 aromatic rings. The lowest BCUT2D eigenvalue weighted by Crippen LogP contribution is -2.36. The zero-order valence-electron chi connectivity index (χ0n) is 16.4. The first kappa shape index (κ1) is 21.0. The number of aromatic nitrogens is 1. The maximum atomic E-state index is 12.8. The SMILES string of the molecule is C=CCn1cc(/C=C2/SC(=O)N(CC(=O)Nc3ccccc3Cl)C2=O)c2ccccc21. The van der Waals surface area contributed by atoms with Crippen LogP contribution in [0.3, 0.4) is 0 Å². The smallest absolute Gasteiger partial charge is 0.294 e. The third kappa shape index (κ3) is 4.28. The van der Waals surface area contributed by atoms with Crippen molar-refractivity contribution in [3.63, 3.8) is 0 Å². The summed E-state index contributed by atoms with van der Waals surface area (Å²) >= 11 is 6.87. The number of carbonyl (C=O) groups is 3. The van der Waals surface area contributed by atoms with Gasteiger partial charge in [0.1, 0.15) is 6.54 Å². The molecular formula is C23H18ClN3O3S. The van der Waals surface area contributed by atoms with Crippen LogP contribution in [0.5, 0.6) is 0 Å². The maximum Gasteiger partial charge on any atom is 0.294 e. The normalized spacial score (nSPS) is 15.1. The van der Waals surface area contributed by atoms with Gasteiger partial charge in [0.2, 0.25) is 5.91 Å². The Bertz CT molecular complexity index is 1250. The summed E-state index contributed by atoms with van der Waals surface area (Å²) in [6.45, 7) is 4.02. The number of hydrogen-bond donors (Lipinski definition) is 1. The molecule has 1 saturated heterocycles. The molecule has 0 aliphatic carbocycles. The Labute approximate surface area is 188 Å². The summed E-state index contributed by atoms with van der Waals surface area (Å²) in [5.41, 5.74) is 2.25. The van der Waals surface area contributed by atoms with E-state index in [1.807, 2.05) is 35.0 Å². The Morgan fingerprint density at radius 3 is 2.65 bits per heavy atom. The lowest BCUT2D eigenvalue weighted by molar-refractivity contribution is -0.127. The Balaban J connectivity index is 1.55. The number of halogens is 1. The van der Waals surface area contributed by atoms with E-state index in [9.17, 15) is 14.4 Å².